The molecule has 15 heavy (non-hydrogen) atoms. The summed E-state index contributed by atoms with van der Waals surface area (Å²) in [5, 5.41) is 1.02. The largest absolute Gasteiger partial charge is 0.382 e. The average Bonchev–Trinajstić information content (AvgIpc) is 2.20. The van der Waals surface area contributed by atoms with Crippen molar-refractivity contribution in [3.05, 3.63) is 40.6 Å². The summed E-state index contributed by atoms with van der Waals surface area (Å²) in [5.74, 6) is 0.312. The molecule has 5 heteroatoms. The molecule has 0 saturated heterocycles. The lowest BCUT2D eigenvalue weighted by atomic mass is 10.1. The molecule has 0 unspecified atom stereocenters. The van der Waals surface area contributed by atoms with Gasteiger partial charge in [-0.2, -0.15) is 0 Å². The van der Waals surface area contributed by atoms with Gasteiger partial charge in [0, 0.05) is 18.0 Å². The predicted molar refractivity (Wildman–Crippen MR) is 61.9 cm³/mol. The Balaban J connectivity index is 2.69. The summed E-state index contributed by atoms with van der Waals surface area (Å²) >= 11 is 12.1. The number of hydrogen-bond donors (Lipinski definition) is 1. The molecule has 0 bridgehead atoms. The molecule has 0 aliphatic heterocycles. The zero-order chi connectivity index (χ0) is 10.8. The van der Waals surface area contributed by atoms with Gasteiger partial charge < -0.3 is 5.73 Å². The highest BCUT2D eigenvalue weighted by atomic mass is 35.5. The average molecular weight is 240 g/mol. The lowest BCUT2D eigenvalue weighted by Gasteiger charge is -2.07. The number of nitrogens with zero attached hydrogens (tertiary/aromatic N) is 2. The van der Waals surface area contributed by atoms with Gasteiger partial charge in [-0.15, -0.1) is 0 Å². The van der Waals surface area contributed by atoms with E-state index in [9.17, 15) is 0 Å². The van der Waals surface area contributed by atoms with Gasteiger partial charge in [0.15, 0.2) is 0 Å². The molecule has 0 aliphatic rings. The van der Waals surface area contributed by atoms with Gasteiger partial charge >= 0.3 is 0 Å². The lowest BCUT2D eigenvalue weighted by Crippen LogP contribution is -1.96. The smallest absolute Gasteiger partial charge is 0.150 e. The van der Waals surface area contributed by atoms with Crippen molar-refractivity contribution in [3.8, 4) is 11.3 Å². The van der Waals surface area contributed by atoms with E-state index in [0.717, 1.165) is 0 Å². The first-order valence-electron chi connectivity index (χ1n) is 4.21. The van der Waals surface area contributed by atoms with Crippen molar-refractivity contribution in [2.45, 2.75) is 0 Å². The van der Waals surface area contributed by atoms with Gasteiger partial charge in [0.05, 0.1) is 10.0 Å². The third kappa shape index (κ3) is 1.89. The van der Waals surface area contributed by atoms with Crippen LogP contribution in [0.5, 0.6) is 0 Å². The third-order valence-electron chi connectivity index (χ3n) is 1.93. The van der Waals surface area contributed by atoms with Crippen molar-refractivity contribution in [1.82, 2.24) is 9.97 Å². The maximum absolute atomic E-state index is 6.03. The van der Waals surface area contributed by atoms with E-state index in [1.54, 1.807) is 24.4 Å². The summed E-state index contributed by atoms with van der Waals surface area (Å²) in [7, 11) is 0. The maximum atomic E-state index is 6.03. The number of anilines is 1. The fraction of sp³-hybridized carbons (Fsp3) is 0. The molecule has 76 valence electrons. The Morgan fingerprint density at radius 1 is 1.00 bits per heavy atom. The molecule has 1 heterocycles. The SMILES string of the molecule is Nc1nccnc1-c1c(Cl)cccc1Cl. The molecule has 0 radical (unpaired) electrons. The van der Waals surface area contributed by atoms with Crippen LogP contribution in [0.1, 0.15) is 0 Å². The van der Waals surface area contributed by atoms with Gasteiger partial charge in [0.1, 0.15) is 11.5 Å². The monoisotopic (exact) mass is 239 g/mol. The van der Waals surface area contributed by atoms with Crippen LogP contribution in [0, 0.1) is 0 Å². The molecule has 0 aliphatic carbocycles. The van der Waals surface area contributed by atoms with Crippen molar-refractivity contribution in [1.29, 1.82) is 0 Å². The van der Waals surface area contributed by atoms with Crippen LogP contribution in [-0.2, 0) is 0 Å². The Labute approximate surface area is 96.9 Å². The van der Waals surface area contributed by atoms with Crippen LogP contribution in [0.2, 0.25) is 10.0 Å². The number of nitrogens with two attached hydrogens (primary N) is 1. The molecule has 2 N–H and O–H groups in total. The van der Waals surface area contributed by atoms with Gasteiger partial charge in [0.25, 0.3) is 0 Å². The second kappa shape index (κ2) is 4.04. The zero-order valence-electron chi connectivity index (χ0n) is 7.61. The van der Waals surface area contributed by atoms with E-state index in [2.05, 4.69) is 9.97 Å². The van der Waals surface area contributed by atoms with Crippen molar-refractivity contribution >= 4 is 29.0 Å². The highest BCUT2D eigenvalue weighted by molar-refractivity contribution is 6.39. The molecule has 3 nitrogen and oxygen atoms in total. The van der Waals surface area contributed by atoms with Crippen molar-refractivity contribution in [2.24, 2.45) is 0 Å². The Kier molecular flexibility index (Phi) is 2.75. The van der Waals surface area contributed by atoms with Crippen LogP contribution in [0.15, 0.2) is 30.6 Å². The van der Waals surface area contributed by atoms with Gasteiger partial charge in [-0.1, -0.05) is 29.3 Å². The van der Waals surface area contributed by atoms with E-state index in [1.165, 1.54) is 6.20 Å². The Morgan fingerprint density at radius 3 is 2.20 bits per heavy atom. The molecule has 0 spiro atoms. The van der Waals surface area contributed by atoms with E-state index >= 15 is 0 Å². The summed E-state index contributed by atoms with van der Waals surface area (Å²) in [6, 6.07) is 5.23. The summed E-state index contributed by atoms with van der Waals surface area (Å²) in [5.41, 5.74) is 6.82. The van der Waals surface area contributed by atoms with Crippen molar-refractivity contribution < 1.29 is 0 Å². The standard InChI is InChI=1S/C10H7Cl2N3/c11-6-2-1-3-7(12)8(6)9-10(13)15-5-4-14-9/h1-5H,(H2,13,15). The van der Waals surface area contributed by atoms with Gasteiger partial charge in [-0.05, 0) is 12.1 Å². The van der Waals surface area contributed by atoms with Gasteiger partial charge in [0.2, 0.25) is 0 Å². The first-order chi connectivity index (χ1) is 7.20. The Hall–Kier alpha value is -1.32. The summed E-state index contributed by atoms with van der Waals surface area (Å²) in [4.78, 5) is 8.05. The third-order valence-corrected chi connectivity index (χ3v) is 2.56. The molecule has 0 atom stereocenters. The summed E-state index contributed by atoms with van der Waals surface area (Å²) in [6.45, 7) is 0. The molecule has 2 rings (SSSR count). The Bertz CT molecular complexity index is 480. The predicted octanol–water partition coefficient (Wildman–Crippen LogP) is 3.03. The number of halogens is 2. The number of benzene rings is 1. The maximum Gasteiger partial charge on any atom is 0.150 e. The van der Waals surface area contributed by atoms with E-state index < -0.39 is 0 Å². The lowest BCUT2D eigenvalue weighted by molar-refractivity contribution is 1.22. The van der Waals surface area contributed by atoms with Crippen LogP contribution >= 0.6 is 23.2 Å². The van der Waals surface area contributed by atoms with Gasteiger partial charge in [-0.25, -0.2) is 4.98 Å². The second-order valence-corrected chi connectivity index (χ2v) is 3.70. The summed E-state index contributed by atoms with van der Waals surface area (Å²) in [6.07, 6.45) is 3.06. The quantitative estimate of drug-likeness (QED) is 0.833. The molecule has 2 aromatic rings. The van der Waals surface area contributed by atoms with E-state index in [4.69, 9.17) is 28.9 Å². The summed E-state index contributed by atoms with van der Waals surface area (Å²) < 4.78 is 0. The topological polar surface area (TPSA) is 51.8 Å². The Morgan fingerprint density at radius 2 is 1.60 bits per heavy atom. The van der Waals surface area contributed by atoms with Gasteiger partial charge in [-0.3, -0.25) is 4.98 Å². The van der Waals surface area contributed by atoms with Crippen LogP contribution in [0.4, 0.5) is 5.82 Å². The number of rotatable bonds is 1. The molecular formula is C10H7Cl2N3. The fourth-order valence-corrected chi connectivity index (χ4v) is 1.84. The molecule has 0 saturated carbocycles. The second-order valence-electron chi connectivity index (χ2n) is 2.89. The fourth-order valence-electron chi connectivity index (χ4n) is 1.27. The molecule has 0 fully saturated rings. The van der Waals surface area contributed by atoms with E-state index in [1.807, 2.05) is 0 Å². The van der Waals surface area contributed by atoms with E-state index in [-0.39, 0.29) is 0 Å². The van der Waals surface area contributed by atoms with Crippen molar-refractivity contribution in [2.75, 3.05) is 5.73 Å². The minimum absolute atomic E-state index is 0.312. The number of nitrogen functional groups attached to an aromatic ring is 1. The van der Waals surface area contributed by atoms with E-state index in [0.29, 0.717) is 27.1 Å². The van der Waals surface area contributed by atoms with Crippen molar-refractivity contribution in [3.63, 3.8) is 0 Å². The molecule has 1 aromatic heterocycles. The molecular weight excluding hydrogens is 233 g/mol. The van der Waals surface area contributed by atoms with Crippen LogP contribution < -0.4 is 5.73 Å². The van der Waals surface area contributed by atoms with Crippen LogP contribution in [0.3, 0.4) is 0 Å². The highest BCUT2D eigenvalue weighted by Gasteiger charge is 2.12. The first-order valence-corrected chi connectivity index (χ1v) is 4.96. The minimum atomic E-state index is 0.312. The first kappa shape index (κ1) is 10.2. The van der Waals surface area contributed by atoms with Crippen LogP contribution in [-0.4, -0.2) is 9.97 Å². The number of aromatic nitrogens is 2. The van der Waals surface area contributed by atoms with Crippen LogP contribution in [0.25, 0.3) is 11.3 Å². The normalized spacial score (nSPS) is 10.3. The highest BCUT2D eigenvalue weighted by Crippen LogP contribution is 2.35. The zero-order valence-corrected chi connectivity index (χ0v) is 9.13. The minimum Gasteiger partial charge on any atom is -0.382 e. The number of hydrogen-bond acceptors (Lipinski definition) is 3. The molecule has 0 amide bonds. The molecule has 1 aromatic carbocycles.